The van der Waals surface area contributed by atoms with Crippen molar-refractivity contribution >= 4 is 16.8 Å². The molecule has 5 heteroatoms. The van der Waals surface area contributed by atoms with Gasteiger partial charge in [-0.05, 0) is 31.6 Å². The van der Waals surface area contributed by atoms with Crippen LogP contribution in [0.1, 0.15) is 46.0 Å². The summed E-state index contributed by atoms with van der Waals surface area (Å²) in [6.45, 7) is 4.94. The van der Waals surface area contributed by atoms with Crippen LogP contribution in [0.5, 0.6) is 0 Å². The van der Waals surface area contributed by atoms with Crippen LogP contribution in [0.4, 0.5) is 4.79 Å². The van der Waals surface area contributed by atoms with Crippen molar-refractivity contribution in [1.82, 2.24) is 10.6 Å². The van der Waals surface area contributed by atoms with E-state index in [4.69, 9.17) is 0 Å². The molecule has 2 N–H and O–H groups in total. The molecule has 0 aromatic carbocycles. The van der Waals surface area contributed by atoms with E-state index in [0.29, 0.717) is 5.75 Å². The molecule has 0 saturated heterocycles. The van der Waals surface area contributed by atoms with E-state index in [-0.39, 0.29) is 12.1 Å². The Bertz CT molecular complexity index is 310. The maximum Gasteiger partial charge on any atom is 0.315 e. The van der Waals surface area contributed by atoms with E-state index in [1.807, 2.05) is 6.92 Å². The standard InChI is InChI=1S/C14H28N2O2S/c1-11-5-4-6-13(9-11)7-8-15-14(17)16-12(2)10-19(3)18/h11-13H,4-10H2,1-3H3,(H2,15,16,17)/t11-,12+,13-,19+/m1/s1. The topological polar surface area (TPSA) is 58.2 Å². The van der Waals surface area contributed by atoms with Crippen molar-refractivity contribution in [2.75, 3.05) is 18.6 Å². The predicted molar refractivity (Wildman–Crippen MR) is 80.7 cm³/mol. The fourth-order valence-electron chi connectivity index (χ4n) is 2.88. The van der Waals surface area contributed by atoms with Gasteiger partial charge in [0.25, 0.3) is 0 Å². The molecule has 0 aromatic rings. The average molecular weight is 288 g/mol. The minimum atomic E-state index is -0.868. The van der Waals surface area contributed by atoms with Crippen LogP contribution in [0.15, 0.2) is 0 Å². The molecule has 19 heavy (non-hydrogen) atoms. The summed E-state index contributed by atoms with van der Waals surface area (Å²) in [5.41, 5.74) is 0. The highest BCUT2D eigenvalue weighted by atomic mass is 32.2. The molecule has 4 nitrogen and oxygen atoms in total. The molecule has 1 aliphatic rings. The Kier molecular flexibility index (Phi) is 7.42. The highest BCUT2D eigenvalue weighted by Gasteiger charge is 2.18. The van der Waals surface area contributed by atoms with Crippen LogP contribution in [0.25, 0.3) is 0 Å². The summed E-state index contributed by atoms with van der Waals surface area (Å²) in [5, 5.41) is 5.71. The van der Waals surface area contributed by atoms with Gasteiger partial charge in [-0.1, -0.05) is 26.2 Å². The Balaban J connectivity index is 2.11. The Hall–Kier alpha value is -0.580. The molecule has 0 spiro atoms. The highest BCUT2D eigenvalue weighted by molar-refractivity contribution is 7.84. The zero-order valence-electron chi connectivity index (χ0n) is 12.4. The number of hydrogen-bond acceptors (Lipinski definition) is 2. The molecule has 112 valence electrons. The quantitative estimate of drug-likeness (QED) is 0.787. The minimum Gasteiger partial charge on any atom is -0.338 e. The molecular weight excluding hydrogens is 260 g/mol. The summed E-state index contributed by atoms with van der Waals surface area (Å²) in [4.78, 5) is 11.6. The molecule has 4 atom stereocenters. The van der Waals surface area contributed by atoms with Gasteiger partial charge in [0.15, 0.2) is 0 Å². The molecule has 0 aliphatic heterocycles. The maximum absolute atomic E-state index is 11.6. The summed E-state index contributed by atoms with van der Waals surface area (Å²) in [6, 6.07) is -0.178. The Morgan fingerprint density at radius 1 is 1.42 bits per heavy atom. The third-order valence-corrected chi connectivity index (χ3v) is 4.71. The maximum atomic E-state index is 11.6. The summed E-state index contributed by atoms with van der Waals surface area (Å²) >= 11 is 0. The lowest BCUT2D eigenvalue weighted by Crippen LogP contribution is -2.43. The monoisotopic (exact) mass is 288 g/mol. The fourth-order valence-corrected chi connectivity index (χ4v) is 3.67. The zero-order chi connectivity index (χ0) is 14.3. The van der Waals surface area contributed by atoms with Crippen molar-refractivity contribution in [2.45, 2.75) is 52.0 Å². The van der Waals surface area contributed by atoms with Crippen LogP contribution in [0, 0.1) is 11.8 Å². The van der Waals surface area contributed by atoms with Crippen molar-refractivity contribution in [3.8, 4) is 0 Å². The number of carbonyl (C=O) groups is 1. The van der Waals surface area contributed by atoms with Gasteiger partial charge in [0, 0.05) is 35.4 Å². The van der Waals surface area contributed by atoms with Crippen LogP contribution in [-0.4, -0.2) is 34.8 Å². The first-order valence-corrected chi connectivity index (χ1v) is 9.04. The van der Waals surface area contributed by atoms with Gasteiger partial charge < -0.3 is 10.6 Å². The SMILES string of the molecule is C[C@@H]1CCC[C@H](CCNC(=O)N[C@@H](C)C[S@](C)=O)C1. The van der Waals surface area contributed by atoms with Crippen LogP contribution < -0.4 is 10.6 Å². The number of rotatable bonds is 6. The van der Waals surface area contributed by atoms with E-state index in [1.54, 1.807) is 6.26 Å². The normalized spacial score (nSPS) is 26.5. The first-order valence-electron chi connectivity index (χ1n) is 7.31. The van der Waals surface area contributed by atoms with Crippen molar-refractivity contribution in [1.29, 1.82) is 0 Å². The van der Waals surface area contributed by atoms with E-state index in [0.717, 1.165) is 24.8 Å². The van der Waals surface area contributed by atoms with E-state index in [2.05, 4.69) is 17.6 Å². The van der Waals surface area contributed by atoms with Crippen molar-refractivity contribution in [3.63, 3.8) is 0 Å². The lowest BCUT2D eigenvalue weighted by Gasteiger charge is -2.26. The van der Waals surface area contributed by atoms with Crippen LogP contribution in [0.2, 0.25) is 0 Å². The molecule has 1 aliphatic carbocycles. The van der Waals surface area contributed by atoms with Gasteiger partial charge in [0.2, 0.25) is 0 Å². The van der Waals surface area contributed by atoms with Crippen LogP contribution in [0.3, 0.4) is 0 Å². The number of nitrogens with one attached hydrogen (secondary N) is 2. The minimum absolute atomic E-state index is 0.0412. The average Bonchev–Trinajstić information content (AvgIpc) is 2.27. The van der Waals surface area contributed by atoms with Crippen LogP contribution in [-0.2, 0) is 10.8 Å². The second-order valence-corrected chi connectivity index (χ2v) is 7.45. The van der Waals surface area contributed by atoms with Gasteiger partial charge in [-0.2, -0.15) is 0 Å². The summed E-state index contributed by atoms with van der Waals surface area (Å²) in [6.07, 6.45) is 8.02. The highest BCUT2D eigenvalue weighted by Crippen LogP contribution is 2.30. The molecule has 0 bridgehead atoms. The van der Waals surface area contributed by atoms with Crippen molar-refractivity contribution in [3.05, 3.63) is 0 Å². The molecule has 0 heterocycles. The largest absolute Gasteiger partial charge is 0.338 e. The Morgan fingerprint density at radius 3 is 2.79 bits per heavy atom. The van der Waals surface area contributed by atoms with Gasteiger partial charge in [0.1, 0.15) is 0 Å². The van der Waals surface area contributed by atoms with Crippen molar-refractivity contribution < 1.29 is 9.00 Å². The first-order chi connectivity index (χ1) is 8.97. The summed E-state index contributed by atoms with van der Waals surface area (Å²) in [7, 11) is -0.868. The van der Waals surface area contributed by atoms with Gasteiger partial charge >= 0.3 is 6.03 Å². The zero-order valence-corrected chi connectivity index (χ0v) is 13.2. The molecule has 0 aromatic heterocycles. The third-order valence-electron chi connectivity index (χ3n) is 3.75. The van der Waals surface area contributed by atoms with E-state index < -0.39 is 10.8 Å². The second-order valence-electron chi connectivity index (χ2n) is 5.97. The molecular formula is C14H28N2O2S. The molecule has 1 rings (SSSR count). The van der Waals surface area contributed by atoms with E-state index in [9.17, 15) is 9.00 Å². The summed E-state index contributed by atoms with van der Waals surface area (Å²) < 4.78 is 11.0. The number of hydrogen-bond donors (Lipinski definition) is 2. The lowest BCUT2D eigenvalue weighted by molar-refractivity contribution is 0.234. The van der Waals surface area contributed by atoms with Gasteiger partial charge in [-0.25, -0.2) is 4.79 Å². The molecule has 0 unspecified atom stereocenters. The molecule has 1 fully saturated rings. The van der Waals surface area contributed by atoms with Gasteiger partial charge in [-0.3, -0.25) is 4.21 Å². The number of urea groups is 1. The smallest absolute Gasteiger partial charge is 0.315 e. The van der Waals surface area contributed by atoms with Crippen LogP contribution >= 0.6 is 0 Å². The van der Waals surface area contributed by atoms with E-state index in [1.165, 1.54) is 25.7 Å². The Labute approximate surface area is 119 Å². The van der Waals surface area contributed by atoms with Gasteiger partial charge in [-0.15, -0.1) is 0 Å². The second kappa shape index (κ2) is 8.56. The molecule has 0 radical (unpaired) electrons. The predicted octanol–water partition coefficient (Wildman–Crippen LogP) is 2.27. The Morgan fingerprint density at radius 2 is 2.16 bits per heavy atom. The number of carbonyl (C=O) groups excluding carboxylic acids is 1. The lowest BCUT2D eigenvalue weighted by atomic mass is 9.81. The fraction of sp³-hybridized carbons (Fsp3) is 0.929. The van der Waals surface area contributed by atoms with Crippen molar-refractivity contribution in [2.24, 2.45) is 11.8 Å². The summed E-state index contributed by atoms with van der Waals surface area (Å²) in [5.74, 6) is 2.12. The van der Waals surface area contributed by atoms with Gasteiger partial charge in [0.05, 0.1) is 0 Å². The number of amides is 2. The first kappa shape index (κ1) is 16.5. The van der Waals surface area contributed by atoms with E-state index >= 15 is 0 Å². The molecule has 1 saturated carbocycles. The molecule has 2 amide bonds. The third kappa shape index (κ3) is 7.55.